The fourth-order valence-corrected chi connectivity index (χ4v) is 5.92. The summed E-state index contributed by atoms with van der Waals surface area (Å²) in [6, 6.07) is 10.2. The molecule has 3 aliphatic rings. The second-order valence-electron chi connectivity index (χ2n) is 10.6. The summed E-state index contributed by atoms with van der Waals surface area (Å²) in [5, 5.41) is 5.15. The van der Waals surface area contributed by atoms with Crippen molar-refractivity contribution in [1.29, 1.82) is 0 Å². The van der Waals surface area contributed by atoms with Crippen molar-refractivity contribution >= 4 is 35.5 Å². The van der Waals surface area contributed by atoms with Crippen LogP contribution < -0.4 is 10.6 Å². The lowest BCUT2D eigenvalue weighted by molar-refractivity contribution is -0.142. The zero-order valence-corrected chi connectivity index (χ0v) is 22.9. The maximum absolute atomic E-state index is 13.7. The molecule has 12 heteroatoms. The van der Waals surface area contributed by atoms with Gasteiger partial charge in [0, 0.05) is 57.3 Å². The Kier molecular flexibility index (Phi) is 7.65. The van der Waals surface area contributed by atoms with E-state index in [9.17, 15) is 28.4 Å². The van der Waals surface area contributed by atoms with Crippen molar-refractivity contribution in [2.75, 3.05) is 32.0 Å². The summed E-state index contributed by atoms with van der Waals surface area (Å²) < 4.78 is 19.2. The summed E-state index contributed by atoms with van der Waals surface area (Å²) in [7, 11) is 1.50. The summed E-state index contributed by atoms with van der Waals surface area (Å²) in [6.45, 7) is 1.88. The number of hydrogen-bond donors (Lipinski definition) is 2. The average Bonchev–Trinajstić information content (AvgIpc) is 3.62. The molecule has 0 aromatic heterocycles. The van der Waals surface area contributed by atoms with Gasteiger partial charge in [0.15, 0.2) is 0 Å². The topological polar surface area (TPSA) is 128 Å². The predicted octanol–water partition coefficient (Wildman–Crippen LogP) is 2.74. The zero-order chi connectivity index (χ0) is 29.3. The molecule has 2 fully saturated rings. The van der Waals surface area contributed by atoms with Gasteiger partial charge in [-0.25, -0.2) is 18.9 Å². The Morgan fingerprint density at radius 1 is 1.15 bits per heavy atom. The van der Waals surface area contributed by atoms with Gasteiger partial charge in [0.1, 0.15) is 12.4 Å². The first-order valence-corrected chi connectivity index (χ1v) is 13.6. The first-order valence-electron chi connectivity index (χ1n) is 13.6. The van der Waals surface area contributed by atoms with Gasteiger partial charge in [0.25, 0.3) is 5.91 Å². The van der Waals surface area contributed by atoms with Crippen LogP contribution in [-0.4, -0.2) is 77.3 Å². The fraction of sp³-hybridized carbons (Fsp3) is 0.414. The molecule has 0 radical (unpaired) electrons. The lowest BCUT2D eigenvalue weighted by Gasteiger charge is -2.31. The largest absolute Gasteiger partial charge is 0.427 e. The molecular formula is C29H32FN5O6. The Labute approximate surface area is 236 Å². The third kappa shape index (κ3) is 5.46. The molecule has 0 saturated carbocycles. The van der Waals surface area contributed by atoms with E-state index in [2.05, 4.69) is 10.6 Å². The molecule has 5 rings (SSSR count). The van der Waals surface area contributed by atoms with E-state index in [1.807, 2.05) is 0 Å². The van der Waals surface area contributed by atoms with Gasteiger partial charge in [-0.1, -0.05) is 18.2 Å². The number of halogens is 1. The van der Waals surface area contributed by atoms with Crippen molar-refractivity contribution in [1.82, 2.24) is 20.0 Å². The molecule has 1 spiro atoms. The summed E-state index contributed by atoms with van der Waals surface area (Å²) in [6.07, 6.45) is 1.28. The SMILES string of the molecule is CNC(=O)Nc1ccc2c(c1)CC[C@@]21OC(=O)N(CC(=O)N(Cc2ccc(F)cc2)CC2CCCN2C(C)=O)C1=O. The number of carbonyl (C=O) groups excluding carboxylic acids is 5. The number of urea groups is 1. The highest BCUT2D eigenvalue weighted by molar-refractivity contribution is 6.06. The predicted molar refractivity (Wildman–Crippen MR) is 145 cm³/mol. The van der Waals surface area contributed by atoms with Gasteiger partial charge in [-0.3, -0.25) is 14.4 Å². The smallest absolute Gasteiger partial charge is 0.418 e. The molecule has 6 amide bonds. The number of likely N-dealkylation sites (tertiary alicyclic amines) is 1. The lowest BCUT2D eigenvalue weighted by Crippen LogP contribution is -2.48. The number of rotatable bonds is 7. The summed E-state index contributed by atoms with van der Waals surface area (Å²) in [4.78, 5) is 68.2. The molecule has 2 aromatic rings. The van der Waals surface area contributed by atoms with Gasteiger partial charge in [0.2, 0.25) is 17.4 Å². The second-order valence-corrected chi connectivity index (χ2v) is 10.6. The normalized spacial score (nSPS) is 21.2. The minimum atomic E-state index is -1.53. The molecule has 11 nitrogen and oxygen atoms in total. The van der Waals surface area contributed by atoms with Crippen molar-refractivity contribution in [2.24, 2.45) is 0 Å². The van der Waals surface area contributed by atoms with E-state index >= 15 is 0 Å². The number of benzene rings is 2. The van der Waals surface area contributed by atoms with Crippen LogP contribution in [0.3, 0.4) is 0 Å². The number of fused-ring (bicyclic) bond motifs is 2. The Morgan fingerprint density at radius 2 is 1.90 bits per heavy atom. The highest BCUT2D eigenvalue weighted by atomic mass is 19.1. The van der Waals surface area contributed by atoms with E-state index in [0.717, 1.165) is 16.9 Å². The average molecular weight is 566 g/mol. The molecule has 2 aliphatic heterocycles. The van der Waals surface area contributed by atoms with Gasteiger partial charge in [-0.05, 0) is 54.7 Å². The van der Waals surface area contributed by atoms with Gasteiger partial charge >= 0.3 is 12.1 Å². The minimum Gasteiger partial charge on any atom is -0.427 e. The maximum atomic E-state index is 13.7. The molecule has 1 unspecified atom stereocenters. The number of carbonyl (C=O) groups is 5. The molecule has 216 valence electrons. The molecule has 2 N–H and O–H groups in total. The van der Waals surface area contributed by atoms with E-state index < -0.39 is 35.9 Å². The number of anilines is 1. The van der Waals surface area contributed by atoms with Crippen LogP contribution in [0.15, 0.2) is 42.5 Å². The molecule has 1 aliphatic carbocycles. The minimum absolute atomic E-state index is 0.0875. The number of hydrogen-bond acceptors (Lipinski definition) is 6. The molecular weight excluding hydrogens is 533 g/mol. The molecule has 0 bridgehead atoms. The van der Waals surface area contributed by atoms with E-state index in [4.69, 9.17) is 4.74 Å². The monoisotopic (exact) mass is 565 g/mol. The zero-order valence-electron chi connectivity index (χ0n) is 22.9. The van der Waals surface area contributed by atoms with Crippen molar-refractivity contribution in [3.8, 4) is 0 Å². The van der Waals surface area contributed by atoms with Crippen LogP contribution in [-0.2, 0) is 37.7 Å². The van der Waals surface area contributed by atoms with Crippen LogP contribution in [0.4, 0.5) is 19.7 Å². The molecule has 2 heterocycles. The molecule has 2 saturated heterocycles. The number of amides is 6. The molecule has 2 aromatic carbocycles. The van der Waals surface area contributed by atoms with E-state index in [1.54, 1.807) is 35.2 Å². The molecule has 2 atom stereocenters. The fourth-order valence-electron chi connectivity index (χ4n) is 5.92. The Bertz CT molecular complexity index is 1400. The quantitative estimate of drug-likeness (QED) is 0.532. The highest BCUT2D eigenvalue weighted by Gasteiger charge is 2.58. The first-order chi connectivity index (χ1) is 19.6. The van der Waals surface area contributed by atoms with E-state index in [0.29, 0.717) is 36.2 Å². The number of ether oxygens (including phenoxy) is 1. The van der Waals surface area contributed by atoms with Gasteiger partial charge < -0.3 is 25.2 Å². The van der Waals surface area contributed by atoms with Crippen molar-refractivity contribution in [2.45, 2.75) is 50.8 Å². The third-order valence-electron chi connectivity index (χ3n) is 7.99. The highest BCUT2D eigenvalue weighted by Crippen LogP contribution is 2.46. The Morgan fingerprint density at radius 3 is 2.61 bits per heavy atom. The van der Waals surface area contributed by atoms with Crippen LogP contribution in [0.5, 0.6) is 0 Å². The van der Waals surface area contributed by atoms with Crippen LogP contribution in [0, 0.1) is 5.82 Å². The number of nitrogens with zero attached hydrogens (tertiary/aromatic N) is 3. The Balaban J connectivity index is 1.35. The summed E-state index contributed by atoms with van der Waals surface area (Å²) in [5.74, 6) is -1.60. The lowest BCUT2D eigenvalue weighted by atomic mass is 9.94. The van der Waals surface area contributed by atoms with Gasteiger partial charge in [-0.2, -0.15) is 0 Å². The van der Waals surface area contributed by atoms with Crippen molar-refractivity contribution in [3.05, 3.63) is 65.0 Å². The maximum Gasteiger partial charge on any atom is 0.418 e. The second kappa shape index (κ2) is 11.2. The van der Waals surface area contributed by atoms with Gasteiger partial charge in [-0.15, -0.1) is 0 Å². The number of nitrogens with one attached hydrogen (secondary N) is 2. The summed E-state index contributed by atoms with van der Waals surface area (Å²) >= 11 is 0. The van der Waals surface area contributed by atoms with E-state index in [1.165, 1.54) is 31.0 Å². The first kappa shape index (κ1) is 28.1. The van der Waals surface area contributed by atoms with Gasteiger partial charge in [0.05, 0.1) is 0 Å². The summed E-state index contributed by atoms with van der Waals surface area (Å²) in [5.41, 5.74) is 0.963. The number of aryl methyl sites for hydroxylation is 1. The van der Waals surface area contributed by atoms with E-state index in [-0.39, 0.29) is 37.5 Å². The number of imide groups is 1. The van der Waals surface area contributed by atoms with Crippen LogP contribution in [0.25, 0.3) is 0 Å². The molecule has 41 heavy (non-hydrogen) atoms. The standard InChI is InChI=1S/C29H32FN5O6/c1-18(36)34-13-3-4-23(34)16-33(15-19-5-7-21(30)8-6-19)25(37)17-35-26(38)29(41-28(35)40)12-11-20-14-22(9-10-24(20)29)32-27(39)31-2/h5-10,14,23H,3-4,11-13,15-17H2,1-2H3,(H2,31,32,39)/t23?,29-/m1/s1. The Hall–Kier alpha value is -4.48. The van der Waals surface area contributed by atoms with Crippen molar-refractivity contribution in [3.63, 3.8) is 0 Å². The van der Waals surface area contributed by atoms with Crippen LogP contribution in [0.2, 0.25) is 0 Å². The third-order valence-corrected chi connectivity index (χ3v) is 7.99. The van der Waals surface area contributed by atoms with Crippen LogP contribution >= 0.6 is 0 Å². The van der Waals surface area contributed by atoms with Crippen LogP contribution in [0.1, 0.15) is 42.9 Å². The van der Waals surface area contributed by atoms with Crippen molar-refractivity contribution < 1.29 is 33.1 Å².